The normalized spacial score (nSPS) is 22.7. The number of piperidine rings is 1. The molecule has 2 aromatic heterocycles. The molecular formula is C22H23F4N5OS. The van der Waals surface area contributed by atoms with Gasteiger partial charge in [-0.05, 0) is 49.9 Å². The van der Waals surface area contributed by atoms with Crippen LogP contribution in [-0.2, 0) is 18.6 Å². The summed E-state index contributed by atoms with van der Waals surface area (Å²) >= 11 is 1.60. The van der Waals surface area contributed by atoms with Gasteiger partial charge in [0.15, 0.2) is 17.3 Å². The van der Waals surface area contributed by atoms with E-state index in [1.807, 2.05) is 18.5 Å². The summed E-state index contributed by atoms with van der Waals surface area (Å²) in [7, 11) is 1.88. The highest BCUT2D eigenvalue weighted by Gasteiger charge is 2.61. The van der Waals surface area contributed by atoms with Crippen molar-refractivity contribution in [2.75, 3.05) is 25.4 Å². The molecule has 2 atom stereocenters. The molecule has 1 aromatic carbocycles. The molecule has 1 aliphatic heterocycles. The summed E-state index contributed by atoms with van der Waals surface area (Å²) in [4.78, 5) is 6.37. The van der Waals surface area contributed by atoms with Gasteiger partial charge in [-0.15, -0.1) is 10.2 Å². The van der Waals surface area contributed by atoms with Crippen LogP contribution in [0.25, 0.3) is 11.6 Å². The highest BCUT2D eigenvalue weighted by atomic mass is 32.2. The topological polar surface area (TPSA) is 60.0 Å². The van der Waals surface area contributed by atoms with Crippen molar-refractivity contribution in [2.24, 2.45) is 13.0 Å². The van der Waals surface area contributed by atoms with Gasteiger partial charge < -0.3 is 13.9 Å². The molecule has 5 rings (SSSR count). The van der Waals surface area contributed by atoms with Crippen molar-refractivity contribution in [3.63, 3.8) is 0 Å². The van der Waals surface area contributed by atoms with E-state index in [1.54, 1.807) is 11.8 Å². The number of hydrogen-bond donors (Lipinski definition) is 0. The third kappa shape index (κ3) is 4.05. The minimum atomic E-state index is -4.53. The fourth-order valence-corrected chi connectivity index (χ4v) is 5.71. The molecule has 3 heterocycles. The summed E-state index contributed by atoms with van der Waals surface area (Å²) in [6.07, 6.45) is -1.40. The van der Waals surface area contributed by atoms with Crippen molar-refractivity contribution in [2.45, 2.75) is 36.5 Å². The van der Waals surface area contributed by atoms with E-state index in [0.717, 1.165) is 48.6 Å². The second-order valence-corrected chi connectivity index (χ2v) is 9.88. The number of oxazole rings is 1. The Kier molecular flexibility index (Phi) is 5.51. The summed E-state index contributed by atoms with van der Waals surface area (Å²) < 4.78 is 60.4. The predicted octanol–water partition coefficient (Wildman–Crippen LogP) is 4.69. The smallest absolute Gasteiger partial charge is 0.416 e. The Bertz CT molecular complexity index is 1180. The van der Waals surface area contributed by atoms with Crippen molar-refractivity contribution in [1.82, 2.24) is 24.6 Å². The maximum absolute atomic E-state index is 14.5. The van der Waals surface area contributed by atoms with E-state index >= 15 is 0 Å². The Morgan fingerprint density at radius 1 is 1.27 bits per heavy atom. The maximum atomic E-state index is 14.5. The first-order chi connectivity index (χ1) is 15.7. The molecule has 1 saturated heterocycles. The van der Waals surface area contributed by atoms with E-state index < -0.39 is 17.6 Å². The Balaban J connectivity index is 1.15. The second kappa shape index (κ2) is 8.12. The number of thioether (sulfide) groups is 1. The first-order valence-electron chi connectivity index (χ1n) is 10.7. The summed E-state index contributed by atoms with van der Waals surface area (Å²) in [5, 5.41) is 9.23. The third-order valence-electron chi connectivity index (χ3n) is 6.68. The van der Waals surface area contributed by atoms with Gasteiger partial charge in [0.2, 0.25) is 5.82 Å². The van der Waals surface area contributed by atoms with E-state index in [0.29, 0.717) is 35.7 Å². The monoisotopic (exact) mass is 481 g/mol. The minimum absolute atomic E-state index is 0.308. The molecule has 3 aromatic rings. The van der Waals surface area contributed by atoms with Crippen LogP contribution in [0.3, 0.4) is 0 Å². The number of nitrogens with zero attached hydrogens (tertiary/aromatic N) is 5. The van der Waals surface area contributed by atoms with E-state index in [-0.39, 0.29) is 5.41 Å². The molecule has 11 heteroatoms. The lowest BCUT2D eigenvalue weighted by Crippen LogP contribution is -2.28. The van der Waals surface area contributed by atoms with Crippen molar-refractivity contribution in [1.29, 1.82) is 0 Å². The first-order valence-corrected chi connectivity index (χ1v) is 11.7. The number of hydrogen-bond acceptors (Lipinski definition) is 6. The minimum Gasteiger partial charge on any atom is -0.440 e. The number of aryl methyl sites for hydroxylation is 1. The molecule has 0 bridgehead atoms. The van der Waals surface area contributed by atoms with Crippen LogP contribution in [0.1, 0.15) is 29.7 Å². The van der Waals surface area contributed by atoms with E-state index in [1.165, 1.54) is 12.5 Å². The number of likely N-dealkylation sites (tertiary alicyclic amines) is 1. The number of benzene rings is 1. The number of halogens is 4. The van der Waals surface area contributed by atoms with E-state index in [4.69, 9.17) is 4.42 Å². The van der Waals surface area contributed by atoms with Gasteiger partial charge in [-0.25, -0.2) is 9.37 Å². The molecule has 0 radical (unpaired) electrons. The van der Waals surface area contributed by atoms with Crippen LogP contribution in [0.2, 0.25) is 0 Å². The average Bonchev–Trinajstić information content (AvgIpc) is 3.06. The number of alkyl halides is 3. The standard InChI is InChI=1S/C22H23F4N5OS/c1-13-18(32-12-27-13)19-28-29-20(30(19)2)33-7-3-6-31-10-15-9-21(15,11-31)16-5-4-14(8-17(16)23)22(24,25)26/h4-5,8,12,15H,3,6-7,9-11H2,1-2H3/t15-,21-/m1/s1. The zero-order chi connectivity index (χ0) is 23.4. The Morgan fingerprint density at radius 3 is 2.79 bits per heavy atom. The van der Waals surface area contributed by atoms with Crippen LogP contribution < -0.4 is 0 Å². The Labute approximate surface area is 192 Å². The molecule has 2 fully saturated rings. The fraction of sp³-hybridized carbons (Fsp3) is 0.500. The van der Waals surface area contributed by atoms with Gasteiger partial charge in [0, 0.05) is 31.3 Å². The lowest BCUT2D eigenvalue weighted by atomic mass is 9.93. The molecular weight excluding hydrogens is 458 g/mol. The lowest BCUT2D eigenvalue weighted by molar-refractivity contribution is -0.137. The summed E-state index contributed by atoms with van der Waals surface area (Å²) in [5.74, 6) is 1.64. The lowest BCUT2D eigenvalue weighted by Gasteiger charge is -2.21. The van der Waals surface area contributed by atoms with Crippen LogP contribution in [0.15, 0.2) is 34.2 Å². The van der Waals surface area contributed by atoms with E-state index in [2.05, 4.69) is 20.1 Å². The van der Waals surface area contributed by atoms with Crippen LogP contribution >= 0.6 is 11.8 Å². The fourth-order valence-electron chi connectivity index (χ4n) is 4.88. The molecule has 33 heavy (non-hydrogen) atoms. The molecule has 0 unspecified atom stereocenters. The van der Waals surface area contributed by atoms with Crippen LogP contribution in [0.4, 0.5) is 17.6 Å². The van der Waals surface area contributed by atoms with Crippen molar-refractivity contribution >= 4 is 11.8 Å². The molecule has 0 N–H and O–H groups in total. The Hall–Kier alpha value is -2.40. The summed E-state index contributed by atoms with van der Waals surface area (Å²) in [5.41, 5.74) is -0.0937. The maximum Gasteiger partial charge on any atom is 0.416 e. The van der Waals surface area contributed by atoms with Crippen LogP contribution in [0.5, 0.6) is 0 Å². The highest BCUT2D eigenvalue weighted by molar-refractivity contribution is 7.99. The van der Waals surface area contributed by atoms with Gasteiger partial charge in [-0.3, -0.25) is 0 Å². The summed E-state index contributed by atoms with van der Waals surface area (Å²) in [6.45, 7) is 4.23. The van der Waals surface area contributed by atoms with Gasteiger partial charge in [0.25, 0.3) is 0 Å². The van der Waals surface area contributed by atoms with Crippen LogP contribution in [0, 0.1) is 18.7 Å². The summed E-state index contributed by atoms with van der Waals surface area (Å²) in [6, 6.07) is 2.96. The van der Waals surface area contributed by atoms with Gasteiger partial charge in [0.1, 0.15) is 5.82 Å². The first kappa shape index (κ1) is 22.4. The molecule has 0 amide bonds. The number of fused-ring (bicyclic) bond motifs is 1. The Morgan fingerprint density at radius 2 is 2.09 bits per heavy atom. The van der Waals surface area contributed by atoms with Crippen molar-refractivity contribution in [3.05, 3.63) is 47.2 Å². The van der Waals surface area contributed by atoms with Gasteiger partial charge in [-0.2, -0.15) is 13.2 Å². The zero-order valence-electron chi connectivity index (χ0n) is 18.2. The molecule has 1 aliphatic carbocycles. The molecule has 2 aliphatic rings. The van der Waals surface area contributed by atoms with Crippen molar-refractivity contribution < 1.29 is 22.0 Å². The third-order valence-corrected chi connectivity index (χ3v) is 7.79. The van der Waals surface area contributed by atoms with Crippen LogP contribution in [-0.4, -0.2) is 50.0 Å². The zero-order valence-corrected chi connectivity index (χ0v) is 19.0. The van der Waals surface area contributed by atoms with Gasteiger partial charge >= 0.3 is 6.18 Å². The second-order valence-electron chi connectivity index (χ2n) is 8.82. The number of rotatable bonds is 7. The largest absolute Gasteiger partial charge is 0.440 e. The van der Waals surface area contributed by atoms with Crippen molar-refractivity contribution in [3.8, 4) is 11.6 Å². The molecule has 6 nitrogen and oxygen atoms in total. The number of aromatic nitrogens is 4. The SMILES string of the molecule is Cc1ncoc1-c1nnc(SCCCN2C[C@H]3C[C@@]3(c3ccc(C(F)(F)F)cc3F)C2)n1C. The molecule has 176 valence electrons. The molecule has 1 saturated carbocycles. The highest BCUT2D eigenvalue weighted by Crippen LogP contribution is 2.59. The van der Waals surface area contributed by atoms with Gasteiger partial charge in [-0.1, -0.05) is 17.8 Å². The van der Waals surface area contributed by atoms with E-state index in [9.17, 15) is 17.6 Å². The average molecular weight is 482 g/mol. The quantitative estimate of drug-likeness (QED) is 0.277. The predicted molar refractivity (Wildman–Crippen MR) is 114 cm³/mol. The molecule has 0 spiro atoms. The van der Waals surface area contributed by atoms with Gasteiger partial charge in [0.05, 0.1) is 11.3 Å².